The predicted molar refractivity (Wildman–Crippen MR) is 54.0 cm³/mol. The monoisotopic (exact) mass is 248 g/mol. The van der Waals surface area contributed by atoms with E-state index in [0.29, 0.717) is 5.56 Å². The van der Waals surface area contributed by atoms with Gasteiger partial charge in [0.2, 0.25) is 0 Å². The second-order valence-electron chi connectivity index (χ2n) is 3.53. The molecule has 0 radical (unpaired) electrons. The Morgan fingerprint density at radius 1 is 1.35 bits per heavy atom. The second kappa shape index (κ2) is 5.07. The number of hydrogen-bond acceptors (Lipinski definition) is 2. The predicted octanol–water partition coefficient (Wildman–Crippen LogP) is 2.82. The first-order valence-electron chi connectivity index (χ1n) is 4.82. The Labute approximate surface area is 95.8 Å². The molecule has 0 aliphatic heterocycles. The molecule has 6 heteroatoms. The third-order valence-corrected chi connectivity index (χ3v) is 2.15. The van der Waals surface area contributed by atoms with E-state index in [1.54, 1.807) is 0 Å². The maximum absolute atomic E-state index is 11.9. The second-order valence-corrected chi connectivity index (χ2v) is 3.53. The zero-order valence-corrected chi connectivity index (χ0v) is 8.99. The fourth-order valence-corrected chi connectivity index (χ4v) is 1.16. The Hall–Kier alpha value is -1.72. The van der Waals surface area contributed by atoms with Crippen molar-refractivity contribution in [3.8, 4) is 5.75 Å². The number of aliphatic carboxylic acids is 1. The summed E-state index contributed by atoms with van der Waals surface area (Å²) in [5.41, 5.74) is 0.511. The van der Waals surface area contributed by atoms with Crippen LogP contribution in [0.4, 0.5) is 13.2 Å². The standard InChI is InChI=1S/C11H11F3O3/c1-7(10(15)16)8-2-4-9(5-3-8)17-6-11(12,13)14/h2-5,7H,6H2,1H3,(H,15,16). The number of carboxylic acid groups (broad SMARTS) is 1. The molecule has 0 amide bonds. The van der Waals surface area contributed by atoms with Crippen LogP contribution in [-0.2, 0) is 4.79 Å². The van der Waals surface area contributed by atoms with Gasteiger partial charge in [0.05, 0.1) is 5.92 Å². The summed E-state index contributed by atoms with van der Waals surface area (Å²) in [6.45, 7) is 0.134. The highest BCUT2D eigenvalue weighted by molar-refractivity contribution is 5.75. The Morgan fingerprint density at radius 2 is 1.88 bits per heavy atom. The number of benzene rings is 1. The van der Waals surface area contributed by atoms with Gasteiger partial charge in [0.15, 0.2) is 6.61 Å². The number of rotatable bonds is 4. The van der Waals surface area contributed by atoms with Crippen LogP contribution in [0.25, 0.3) is 0 Å². The molecule has 0 saturated heterocycles. The van der Waals surface area contributed by atoms with Crippen molar-refractivity contribution < 1.29 is 27.8 Å². The molecule has 0 fully saturated rings. The van der Waals surface area contributed by atoms with Gasteiger partial charge in [-0.15, -0.1) is 0 Å². The van der Waals surface area contributed by atoms with Crippen molar-refractivity contribution in [2.75, 3.05) is 6.61 Å². The summed E-state index contributed by atoms with van der Waals surface area (Å²) in [6, 6.07) is 5.51. The highest BCUT2D eigenvalue weighted by Crippen LogP contribution is 2.21. The van der Waals surface area contributed by atoms with Crippen LogP contribution in [0.3, 0.4) is 0 Å². The first kappa shape index (κ1) is 13.3. The zero-order chi connectivity index (χ0) is 13.1. The van der Waals surface area contributed by atoms with E-state index in [4.69, 9.17) is 5.11 Å². The van der Waals surface area contributed by atoms with Crippen LogP contribution in [0.1, 0.15) is 18.4 Å². The van der Waals surface area contributed by atoms with Gasteiger partial charge in [-0.25, -0.2) is 0 Å². The van der Waals surface area contributed by atoms with Crippen LogP contribution >= 0.6 is 0 Å². The van der Waals surface area contributed by atoms with E-state index >= 15 is 0 Å². The van der Waals surface area contributed by atoms with E-state index in [2.05, 4.69) is 4.74 Å². The SMILES string of the molecule is CC(C(=O)O)c1ccc(OCC(F)(F)F)cc1. The summed E-state index contributed by atoms with van der Waals surface area (Å²) in [7, 11) is 0. The molecule has 0 spiro atoms. The third kappa shape index (κ3) is 4.34. The van der Waals surface area contributed by atoms with E-state index in [9.17, 15) is 18.0 Å². The first-order chi connectivity index (χ1) is 7.79. The first-order valence-corrected chi connectivity index (χ1v) is 4.82. The minimum Gasteiger partial charge on any atom is -0.484 e. The average Bonchev–Trinajstić information content (AvgIpc) is 2.25. The number of ether oxygens (including phenoxy) is 1. The number of carbonyl (C=O) groups is 1. The summed E-state index contributed by atoms with van der Waals surface area (Å²) in [5, 5.41) is 8.73. The average molecular weight is 248 g/mol. The minimum atomic E-state index is -4.38. The maximum Gasteiger partial charge on any atom is 0.422 e. The topological polar surface area (TPSA) is 46.5 Å². The number of alkyl halides is 3. The van der Waals surface area contributed by atoms with Crippen LogP contribution in [0.15, 0.2) is 24.3 Å². The zero-order valence-electron chi connectivity index (χ0n) is 8.99. The fraction of sp³-hybridized carbons (Fsp3) is 0.364. The Kier molecular flexibility index (Phi) is 3.98. The van der Waals surface area contributed by atoms with Gasteiger partial charge in [0.25, 0.3) is 0 Å². The summed E-state index contributed by atoms with van der Waals surface area (Å²) in [5.74, 6) is -1.63. The lowest BCUT2D eigenvalue weighted by Gasteiger charge is -2.10. The molecular weight excluding hydrogens is 237 g/mol. The van der Waals surface area contributed by atoms with E-state index in [-0.39, 0.29) is 5.75 Å². The molecule has 0 heterocycles. The molecule has 3 nitrogen and oxygen atoms in total. The minimum absolute atomic E-state index is 0.0589. The Balaban J connectivity index is 2.65. The van der Waals surface area contributed by atoms with Gasteiger partial charge >= 0.3 is 12.1 Å². The summed E-state index contributed by atoms with van der Waals surface area (Å²) in [6.07, 6.45) is -4.38. The number of halogens is 3. The van der Waals surface area contributed by atoms with E-state index in [1.807, 2.05) is 0 Å². The van der Waals surface area contributed by atoms with Crippen LogP contribution in [0.2, 0.25) is 0 Å². The number of hydrogen-bond donors (Lipinski definition) is 1. The van der Waals surface area contributed by atoms with Crippen LogP contribution < -0.4 is 4.74 Å². The van der Waals surface area contributed by atoms with E-state index in [0.717, 1.165) is 0 Å². The van der Waals surface area contributed by atoms with Gasteiger partial charge in [-0.1, -0.05) is 12.1 Å². The molecule has 0 saturated carbocycles. The summed E-state index contributed by atoms with van der Waals surface area (Å²) in [4.78, 5) is 10.7. The van der Waals surface area contributed by atoms with Crippen molar-refractivity contribution in [3.05, 3.63) is 29.8 Å². The van der Waals surface area contributed by atoms with Gasteiger partial charge in [0, 0.05) is 0 Å². The Morgan fingerprint density at radius 3 is 2.29 bits per heavy atom. The smallest absolute Gasteiger partial charge is 0.422 e. The molecule has 0 bridgehead atoms. The van der Waals surface area contributed by atoms with Crippen molar-refractivity contribution in [1.82, 2.24) is 0 Å². The van der Waals surface area contributed by atoms with Crippen LogP contribution in [0, 0.1) is 0 Å². The van der Waals surface area contributed by atoms with Crippen molar-refractivity contribution in [2.45, 2.75) is 19.0 Å². The Bertz CT molecular complexity index is 384. The molecule has 1 N–H and O–H groups in total. The molecule has 94 valence electrons. The van der Waals surface area contributed by atoms with Crippen LogP contribution in [-0.4, -0.2) is 23.9 Å². The molecular formula is C11H11F3O3. The molecule has 0 aliphatic carbocycles. The fourth-order valence-electron chi connectivity index (χ4n) is 1.16. The van der Waals surface area contributed by atoms with Gasteiger partial charge in [0.1, 0.15) is 5.75 Å². The third-order valence-electron chi connectivity index (χ3n) is 2.15. The van der Waals surface area contributed by atoms with Crippen LogP contribution in [0.5, 0.6) is 5.75 Å². The van der Waals surface area contributed by atoms with Crippen molar-refractivity contribution in [1.29, 1.82) is 0 Å². The van der Waals surface area contributed by atoms with Crippen molar-refractivity contribution in [2.24, 2.45) is 0 Å². The molecule has 0 aliphatic rings. The lowest BCUT2D eigenvalue weighted by atomic mass is 10.0. The van der Waals surface area contributed by atoms with Gasteiger partial charge < -0.3 is 9.84 Å². The quantitative estimate of drug-likeness (QED) is 0.891. The highest BCUT2D eigenvalue weighted by Gasteiger charge is 2.28. The lowest BCUT2D eigenvalue weighted by Crippen LogP contribution is -2.19. The maximum atomic E-state index is 11.9. The van der Waals surface area contributed by atoms with Gasteiger partial charge in [-0.05, 0) is 24.6 Å². The molecule has 0 aromatic heterocycles. The van der Waals surface area contributed by atoms with Gasteiger partial charge in [-0.3, -0.25) is 4.79 Å². The highest BCUT2D eigenvalue weighted by atomic mass is 19.4. The molecule has 1 rings (SSSR count). The largest absolute Gasteiger partial charge is 0.484 e. The normalized spacial score (nSPS) is 13.2. The molecule has 1 unspecified atom stereocenters. The van der Waals surface area contributed by atoms with Crippen molar-refractivity contribution >= 4 is 5.97 Å². The molecule has 17 heavy (non-hydrogen) atoms. The number of carboxylic acids is 1. The molecule has 1 atom stereocenters. The summed E-state index contributed by atoms with van der Waals surface area (Å²) < 4.78 is 40.0. The van der Waals surface area contributed by atoms with Crippen molar-refractivity contribution in [3.63, 3.8) is 0 Å². The summed E-state index contributed by atoms with van der Waals surface area (Å²) >= 11 is 0. The molecule has 1 aromatic rings. The van der Waals surface area contributed by atoms with E-state index in [1.165, 1.54) is 31.2 Å². The lowest BCUT2D eigenvalue weighted by molar-refractivity contribution is -0.153. The van der Waals surface area contributed by atoms with Gasteiger partial charge in [-0.2, -0.15) is 13.2 Å². The molecule has 1 aromatic carbocycles. The van der Waals surface area contributed by atoms with E-state index < -0.39 is 24.7 Å².